The number of amides is 1. The van der Waals surface area contributed by atoms with Gasteiger partial charge in [0.15, 0.2) is 5.17 Å². The molecule has 0 spiro atoms. The minimum Gasteiger partial charge on any atom is -0.351 e. The van der Waals surface area contributed by atoms with E-state index in [0.29, 0.717) is 5.92 Å². The second kappa shape index (κ2) is 6.06. The van der Waals surface area contributed by atoms with Crippen molar-refractivity contribution in [1.29, 1.82) is 0 Å². The van der Waals surface area contributed by atoms with E-state index in [1.54, 1.807) is 0 Å². The number of amidine groups is 1. The monoisotopic (exact) mass is 300 g/mol. The predicted molar refractivity (Wildman–Crippen MR) is 89.2 cm³/mol. The van der Waals surface area contributed by atoms with Crippen LogP contribution in [0.5, 0.6) is 0 Å². The Balaban J connectivity index is 1.73. The highest BCUT2D eigenvalue weighted by Gasteiger charge is 2.28. The van der Waals surface area contributed by atoms with Gasteiger partial charge in [0.1, 0.15) is 0 Å². The van der Waals surface area contributed by atoms with Crippen LogP contribution in [-0.2, 0) is 4.79 Å². The molecular formula is C17H20N2OS. The van der Waals surface area contributed by atoms with Gasteiger partial charge >= 0.3 is 0 Å². The molecule has 0 N–H and O–H groups in total. The van der Waals surface area contributed by atoms with Crippen LogP contribution in [0.25, 0.3) is 6.08 Å². The van der Waals surface area contributed by atoms with Crippen molar-refractivity contribution >= 4 is 28.9 Å². The van der Waals surface area contributed by atoms with Gasteiger partial charge in [-0.15, -0.1) is 0 Å². The Morgan fingerprint density at radius 2 is 2.10 bits per heavy atom. The van der Waals surface area contributed by atoms with Crippen LogP contribution < -0.4 is 0 Å². The van der Waals surface area contributed by atoms with E-state index >= 15 is 0 Å². The normalized spacial score (nSPS) is 24.6. The van der Waals surface area contributed by atoms with Crippen molar-refractivity contribution in [3.05, 3.63) is 40.3 Å². The Hall–Kier alpha value is -1.55. The van der Waals surface area contributed by atoms with Gasteiger partial charge in [0, 0.05) is 13.1 Å². The number of hydrogen-bond acceptors (Lipinski definition) is 3. The van der Waals surface area contributed by atoms with Crippen molar-refractivity contribution in [2.75, 3.05) is 13.1 Å². The maximum atomic E-state index is 12.1. The first-order valence-corrected chi connectivity index (χ1v) is 8.27. The molecule has 1 atom stereocenters. The number of benzene rings is 1. The summed E-state index contributed by atoms with van der Waals surface area (Å²) in [6, 6.07) is 8.20. The molecule has 2 heterocycles. The molecule has 1 amide bonds. The fourth-order valence-corrected chi connectivity index (χ4v) is 3.66. The number of thioether (sulfide) groups is 1. The molecule has 0 bridgehead atoms. The molecule has 2 aliphatic rings. The summed E-state index contributed by atoms with van der Waals surface area (Å²) in [7, 11) is 0. The molecule has 0 saturated carbocycles. The number of rotatable bonds is 1. The minimum absolute atomic E-state index is 0.103. The zero-order chi connectivity index (χ0) is 14.8. The number of carbonyl (C=O) groups excluding carboxylic acids is 1. The highest BCUT2D eigenvalue weighted by Crippen LogP contribution is 2.32. The molecule has 2 aliphatic heterocycles. The van der Waals surface area contributed by atoms with Gasteiger partial charge < -0.3 is 4.90 Å². The predicted octanol–water partition coefficient (Wildman–Crippen LogP) is 3.70. The molecule has 1 fully saturated rings. The summed E-state index contributed by atoms with van der Waals surface area (Å²) in [5.74, 6) is 0.580. The first-order valence-electron chi connectivity index (χ1n) is 7.46. The van der Waals surface area contributed by atoms with Crippen LogP contribution in [0.15, 0.2) is 34.2 Å². The zero-order valence-corrected chi connectivity index (χ0v) is 13.3. The van der Waals surface area contributed by atoms with Crippen LogP contribution >= 0.6 is 11.8 Å². The van der Waals surface area contributed by atoms with Gasteiger partial charge in [-0.25, -0.2) is 0 Å². The molecule has 21 heavy (non-hydrogen) atoms. The average Bonchev–Trinajstić information content (AvgIpc) is 2.83. The van der Waals surface area contributed by atoms with Crippen molar-refractivity contribution in [2.24, 2.45) is 10.9 Å². The highest BCUT2D eigenvalue weighted by molar-refractivity contribution is 8.18. The zero-order valence-electron chi connectivity index (χ0n) is 12.5. The van der Waals surface area contributed by atoms with E-state index in [1.807, 2.05) is 18.2 Å². The van der Waals surface area contributed by atoms with E-state index in [0.717, 1.165) is 28.7 Å². The average molecular weight is 300 g/mol. The number of piperidine rings is 1. The molecule has 1 saturated heterocycles. The lowest BCUT2D eigenvalue weighted by molar-refractivity contribution is -0.113. The standard InChI is InChI=1S/C17H20N2OS/c1-12-5-7-14(8-6-12)10-15-16(20)18-17(21-15)19-9-3-4-13(2)11-19/h5-8,10,13H,3-4,9,11H2,1-2H3/b15-10-/t13-/m1/s1. The fraction of sp³-hybridized carbons (Fsp3) is 0.412. The maximum absolute atomic E-state index is 12.1. The Labute approximate surface area is 130 Å². The van der Waals surface area contributed by atoms with Crippen molar-refractivity contribution in [1.82, 2.24) is 4.90 Å². The van der Waals surface area contributed by atoms with Crippen LogP contribution in [0.1, 0.15) is 30.9 Å². The lowest BCUT2D eigenvalue weighted by Gasteiger charge is -2.31. The number of hydrogen-bond donors (Lipinski definition) is 0. The number of aryl methyl sites for hydroxylation is 1. The molecule has 1 aromatic rings. The van der Waals surface area contributed by atoms with E-state index in [1.165, 1.54) is 30.2 Å². The van der Waals surface area contributed by atoms with Gasteiger partial charge in [0.2, 0.25) is 0 Å². The molecule has 0 radical (unpaired) electrons. The smallest absolute Gasteiger partial charge is 0.286 e. The maximum Gasteiger partial charge on any atom is 0.286 e. The number of carbonyl (C=O) groups is 1. The Bertz CT molecular complexity index is 604. The summed E-state index contributed by atoms with van der Waals surface area (Å²) in [5, 5.41) is 0.880. The Morgan fingerprint density at radius 3 is 2.81 bits per heavy atom. The van der Waals surface area contributed by atoms with Gasteiger partial charge in [-0.1, -0.05) is 36.8 Å². The van der Waals surface area contributed by atoms with E-state index in [2.05, 4.69) is 35.9 Å². The number of aliphatic imine (C=N–C) groups is 1. The molecule has 110 valence electrons. The first-order chi connectivity index (χ1) is 10.1. The molecule has 1 aromatic carbocycles. The third-order valence-electron chi connectivity index (χ3n) is 3.91. The molecule has 0 aromatic heterocycles. The molecule has 4 heteroatoms. The van der Waals surface area contributed by atoms with Crippen LogP contribution in [0, 0.1) is 12.8 Å². The Kier molecular flexibility index (Phi) is 4.15. The van der Waals surface area contributed by atoms with Crippen molar-refractivity contribution in [3.63, 3.8) is 0 Å². The van der Waals surface area contributed by atoms with Crippen molar-refractivity contribution in [3.8, 4) is 0 Å². The van der Waals surface area contributed by atoms with Crippen LogP contribution in [0.2, 0.25) is 0 Å². The summed E-state index contributed by atoms with van der Waals surface area (Å²) in [4.78, 5) is 19.3. The van der Waals surface area contributed by atoms with E-state index < -0.39 is 0 Å². The van der Waals surface area contributed by atoms with Crippen molar-refractivity contribution < 1.29 is 4.79 Å². The second-order valence-electron chi connectivity index (χ2n) is 5.91. The molecule has 0 aliphatic carbocycles. The lowest BCUT2D eigenvalue weighted by Crippen LogP contribution is -2.37. The highest BCUT2D eigenvalue weighted by atomic mass is 32.2. The number of likely N-dealkylation sites (tertiary alicyclic amines) is 1. The summed E-state index contributed by atoms with van der Waals surface area (Å²) in [5.41, 5.74) is 2.28. The van der Waals surface area contributed by atoms with Gasteiger partial charge in [0.05, 0.1) is 4.91 Å². The van der Waals surface area contributed by atoms with Crippen molar-refractivity contribution in [2.45, 2.75) is 26.7 Å². The van der Waals surface area contributed by atoms with Gasteiger partial charge in [-0.2, -0.15) is 4.99 Å². The first kappa shape index (κ1) is 14.4. The lowest BCUT2D eigenvalue weighted by atomic mass is 10.0. The van der Waals surface area contributed by atoms with Crippen LogP contribution in [-0.4, -0.2) is 29.1 Å². The Morgan fingerprint density at radius 1 is 1.33 bits per heavy atom. The molecule has 3 nitrogen and oxygen atoms in total. The second-order valence-corrected chi connectivity index (χ2v) is 6.92. The van der Waals surface area contributed by atoms with Crippen LogP contribution in [0.4, 0.5) is 0 Å². The fourth-order valence-electron chi connectivity index (χ4n) is 2.71. The topological polar surface area (TPSA) is 32.7 Å². The summed E-state index contributed by atoms with van der Waals surface area (Å²) >= 11 is 1.51. The third-order valence-corrected chi connectivity index (χ3v) is 4.96. The molecular weight excluding hydrogens is 280 g/mol. The van der Waals surface area contributed by atoms with Gasteiger partial charge in [-0.05, 0) is 49.1 Å². The number of nitrogens with zero attached hydrogens (tertiary/aromatic N) is 2. The van der Waals surface area contributed by atoms with E-state index in [-0.39, 0.29) is 5.91 Å². The largest absolute Gasteiger partial charge is 0.351 e. The third kappa shape index (κ3) is 3.38. The van der Waals surface area contributed by atoms with Gasteiger partial charge in [0.25, 0.3) is 5.91 Å². The quantitative estimate of drug-likeness (QED) is 0.741. The van der Waals surface area contributed by atoms with E-state index in [9.17, 15) is 4.79 Å². The summed E-state index contributed by atoms with van der Waals surface area (Å²) in [6.07, 6.45) is 4.40. The summed E-state index contributed by atoms with van der Waals surface area (Å²) < 4.78 is 0. The van der Waals surface area contributed by atoms with Gasteiger partial charge in [-0.3, -0.25) is 4.79 Å². The minimum atomic E-state index is -0.103. The summed E-state index contributed by atoms with van der Waals surface area (Å²) in [6.45, 7) is 6.35. The molecule has 0 unspecified atom stereocenters. The van der Waals surface area contributed by atoms with E-state index in [4.69, 9.17) is 0 Å². The van der Waals surface area contributed by atoms with Crippen LogP contribution in [0.3, 0.4) is 0 Å². The molecule has 3 rings (SSSR count). The SMILES string of the molecule is Cc1ccc(/C=C2\SC(N3CCC[C@@H](C)C3)=NC2=O)cc1.